The predicted octanol–water partition coefficient (Wildman–Crippen LogP) is 6.48. The predicted molar refractivity (Wildman–Crippen MR) is 141 cm³/mol. The van der Waals surface area contributed by atoms with Crippen LogP contribution >= 0.6 is 0 Å². The van der Waals surface area contributed by atoms with Gasteiger partial charge in [0.15, 0.2) is 0 Å². The zero-order chi connectivity index (χ0) is 26.1. The van der Waals surface area contributed by atoms with E-state index in [4.69, 9.17) is 9.47 Å². The molecule has 1 aliphatic rings. The molecule has 2 aromatic carbocycles. The summed E-state index contributed by atoms with van der Waals surface area (Å²) < 4.78 is 10.8. The van der Waals surface area contributed by atoms with Crippen LogP contribution in [0.3, 0.4) is 0 Å². The van der Waals surface area contributed by atoms with Crippen molar-refractivity contribution >= 4 is 34.9 Å². The Bertz CT molecular complexity index is 1330. The summed E-state index contributed by atoms with van der Waals surface area (Å²) in [6.45, 7) is 11.0. The maximum atomic E-state index is 12.4. The van der Waals surface area contributed by atoms with Crippen molar-refractivity contribution in [3.63, 3.8) is 0 Å². The molecule has 0 bridgehead atoms. The summed E-state index contributed by atoms with van der Waals surface area (Å²) in [5.74, 6) is 0. The highest BCUT2D eigenvalue weighted by molar-refractivity contribution is 5.93. The topological polar surface area (TPSA) is 90.8 Å². The average molecular weight is 489 g/mol. The summed E-state index contributed by atoms with van der Waals surface area (Å²) in [5.41, 5.74) is 5.38. The van der Waals surface area contributed by atoms with Crippen molar-refractivity contribution in [3.05, 3.63) is 65.4 Å². The van der Waals surface area contributed by atoms with Crippen molar-refractivity contribution in [1.82, 2.24) is 5.32 Å². The van der Waals surface area contributed by atoms with Gasteiger partial charge in [0, 0.05) is 17.3 Å². The first-order chi connectivity index (χ1) is 16.9. The lowest BCUT2D eigenvalue weighted by molar-refractivity contribution is -0.331. The minimum Gasteiger partial charge on any atom is -0.444 e. The maximum Gasteiger partial charge on any atom is 0.412 e. The molecule has 1 heterocycles. The standard InChI is InChI=1S/C29H33N3O4/c1-28(2,3)35-26(33)30-19-12-14-21-22-15-13-20(31-27(34)36-29(4,5)6)17-24(22)32-25(23(21)16-19)18-10-8-7-9-11-18/h7-11,13,15-17H,12,14H2,1-6H3,(H,30,33)(H,31,34)/p+1. The van der Waals surface area contributed by atoms with E-state index in [-0.39, 0.29) is 0 Å². The normalized spacial score (nSPS) is 13.4. The van der Waals surface area contributed by atoms with Gasteiger partial charge in [-0.25, -0.2) is 14.6 Å². The number of nitrogens with one attached hydrogen (secondary N) is 3. The molecular weight excluding hydrogens is 454 g/mol. The van der Waals surface area contributed by atoms with Crippen LogP contribution in [0.5, 0.6) is 0 Å². The van der Waals surface area contributed by atoms with Crippen molar-refractivity contribution in [2.75, 3.05) is 5.32 Å². The zero-order valence-corrected chi connectivity index (χ0v) is 21.7. The lowest BCUT2D eigenvalue weighted by atomic mass is 9.89. The Balaban J connectivity index is 1.75. The fourth-order valence-electron chi connectivity index (χ4n) is 4.21. The summed E-state index contributed by atoms with van der Waals surface area (Å²) in [6, 6.07) is 15.9. The van der Waals surface area contributed by atoms with Gasteiger partial charge in [0.2, 0.25) is 11.2 Å². The van der Waals surface area contributed by atoms with Gasteiger partial charge in [-0.15, -0.1) is 0 Å². The smallest absolute Gasteiger partial charge is 0.412 e. The van der Waals surface area contributed by atoms with E-state index in [0.717, 1.165) is 39.8 Å². The summed E-state index contributed by atoms with van der Waals surface area (Å²) in [7, 11) is 0. The Morgan fingerprint density at radius 3 is 2.11 bits per heavy atom. The first-order valence-electron chi connectivity index (χ1n) is 12.2. The molecule has 3 aromatic rings. The summed E-state index contributed by atoms with van der Waals surface area (Å²) in [4.78, 5) is 28.3. The fourth-order valence-corrected chi connectivity index (χ4v) is 4.21. The lowest BCUT2D eigenvalue weighted by Crippen LogP contribution is -2.32. The van der Waals surface area contributed by atoms with Gasteiger partial charge < -0.3 is 9.47 Å². The molecule has 188 valence electrons. The first kappa shape index (κ1) is 25.2. The number of hydrogen-bond acceptors (Lipinski definition) is 4. The van der Waals surface area contributed by atoms with Crippen LogP contribution in [-0.2, 0) is 15.9 Å². The van der Waals surface area contributed by atoms with Crippen LogP contribution in [0.4, 0.5) is 15.3 Å². The van der Waals surface area contributed by atoms with Crippen LogP contribution in [0.15, 0.2) is 54.2 Å². The van der Waals surface area contributed by atoms with Crippen molar-refractivity contribution in [2.45, 2.75) is 65.6 Å². The Kier molecular flexibility index (Phi) is 6.76. The average Bonchev–Trinajstić information content (AvgIpc) is 2.76. The van der Waals surface area contributed by atoms with Crippen LogP contribution in [0, 0.1) is 0 Å². The molecule has 0 unspecified atom stereocenters. The van der Waals surface area contributed by atoms with E-state index in [9.17, 15) is 9.59 Å². The second kappa shape index (κ2) is 9.64. The molecule has 0 saturated heterocycles. The number of amides is 2. The molecule has 3 N–H and O–H groups in total. The van der Waals surface area contributed by atoms with Crippen LogP contribution in [0.2, 0.25) is 0 Å². The molecule has 1 aromatic heterocycles. The number of rotatable bonds is 3. The minimum atomic E-state index is -0.579. The molecule has 0 saturated carbocycles. The number of allylic oxidation sites excluding steroid dienone is 1. The quantitative estimate of drug-likeness (QED) is 0.441. The van der Waals surface area contributed by atoms with E-state index >= 15 is 0 Å². The first-order valence-corrected chi connectivity index (χ1v) is 12.2. The Morgan fingerprint density at radius 1 is 0.833 bits per heavy atom. The van der Waals surface area contributed by atoms with Gasteiger partial charge in [-0.1, -0.05) is 18.2 Å². The number of aromatic amines is 1. The molecule has 0 spiro atoms. The van der Waals surface area contributed by atoms with Crippen molar-refractivity contribution < 1.29 is 24.0 Å². The van der Waals surface area contributed by atoms with Gasteiger partial charge in [0.25, 0.3) is 0 Å². The van der Waals surface area contributed by atoms with Crippen LogP contribution in [-0.4, -0.2) is 23.4 Å². The van der Waals surface area contributed by atoms with Gasteiger partial charge in [0.1, 0.15) is 11.2 Å². The monoisotopic (exact) mass is 488 g/mol. The highest BCUT2D eigenvalue weighted by atomic mass is 16.6. The second-order valence-electron chi connectivity index (χ2n) is 10.9. The third kappa shape index (κ3) is 6.22. The number of fused-ring (bicyclic) bond motifs is 3. The summed E-state index contributed by atoms with van der Waals surface area (Å²) in [6.07, 6.45) is 2.50. The molecular formula is C29H34N3O4+. The summed E-state index contributed by atoms with van der Waals surface area (Å²) in [5, 5.41) is 6.80. The van der Waals surface area contributed by atoms with Crippen LogP contribution in [0.25, 0.3) is 28.2 Å². The Labute approximate surface area is 211 Å². The summed E-state index contributed by atoms with van der Waals surface area (Å²) >= 11 is 0. The van der Waals surface area contributed by atoms with E-state index in [2.05, 4.69) is 15.6 Å². The highest BCUT2D eigenvalue weighted by Crippen LogP contribution is 2.34. The number of H-pyrrole nitrogens is 1. The van der Waals surface area contributed by atoms with Gasteiger partial charge in [-0.3, -0.25) is 10.6 Å². The SMILES string of the molecule is CC(C)(C)OC(=O)NC1=Cc2c(-c3ccccc3)[nH+]c3cc(NC(=O)OC(C)(C)C)ccc3c2CC1. The highest BCUT2D eigenvalue weighted by Gasteiger charge is 2.26. The lowest BCUT2D eigenvalue weighted by Gasteiger charge is -2.23. The number of alkyl carbamates (subject to hydrolysis) is 1. The second-order valence-corrected chi connectivity index (χ2v) is 10.9. The third-order valence-electron chi connectivity index (χ3n) is 5.53. The molecule has 0 fully saturated rings. The molecule has 7 heteroatoms. The Hall–Kier alpha value is -3.87. The number of carbonyl (C=O) groups excluding carboxylic acids is 2. The van der Waals surface area contributed by atoms with E-state index in [1.54, 1.807) is 0 Å². The number of carbonyl (C=O) groups is 2. The molecule has 0 aliphatic heterocycles. The number of benzene rings is 2. The number of pyridine rings is 1. The molecule has 36 heavy (non-hydrogen) atoms. The van der Waals surface area contributed by atoms with E-state index < -0.39 is 23.4 Å². The van der Waals surface area contributed by atoms with Crippen molar-refractivity contribution in [2.24, 2.45) is 0 Å². The molecule has 7 nitrogen and oxygen atoms in total. The number of anilines is 1. The molecule has 1 aliphatic carbocycles. The van der Waals surface area contributed by atoms with E-state index in [1.807, 2.05) is 96.1 Å². The molecule has 4 rings (SSSR count). The minimum absolute atomic E-state index is 0.457. The van der Waals surface area contributed by atoms with E-state index in [1.165, 1.54) is 5.56 Å². The number of ether oxygens (including phenoxy) is 2. The van der Waals surface area contributed by atoms with Crippen LogP contribution in [0.1, 0.15) is 59.1 Å². The molecule has 0 atom stereocenters. The van der Waals surface area contributed by atoms with E-state index in [0.29, 0.717) is 12.1 Å². The largest absolute Gasteiger partial charge is 0.444 e. The molecule has 2 amide bonds. The van der Waals surface area contributed by atoms with Gasteiger partial charge >= 0.3 is 12.2 Å². The van der Waals surface area contributed by atoms with Gasteiger partial charge in [-0.05, 0) is 90.3 Å². The van der Waals surface area contributed by atoms with Gasteiger partial charge in [0.05, 0.1) is 16.6 Å². The number of aromatic nitrogens is 1. The maximum absolute atomic E-state index is 12.4. The fraction of sp³-hybridized carbons (Fsp3) is 0.345. The Morgan fingerprint density at radius 2 is 1.47 bits per heavy atom. The van der Waals surface area contributed by atoms with Crippen molar-refractivity contribution in [1.29, 1.82) is 0 Å². The van der Waals surface area contributed by atoms with Crippen LogP contribution < -0.4 is 15.6 Å². The van der Waals surface area contributed by atoms with Gasteiger partial charge in [-0.2, -0.15) is 0 Å². The number of aryl methyl sites for hydroxylation is 1. The number of hydrogen-bond donors (Lipinski definition) is 2. The zero-order valence-electron chi connectivity index (χ0n) is 21.7. The van der Waals surface area contributed by atoms with Crippen molar-refractivity contribution in [3.8, 4) is 11.3 Å². The third-order valence-corrected chi connectivity index (χ3v) is 5.53. The molecule has 0 radical (unpaired) electrons.